The molecule has 0 saturated heterocycles. The lowest BCUT2D eigenvalue weighted by Gasteiger charge is -2.20. The molecular weight excluding hydrogens is 484 g/mol. The number of carbonyl (C=O) groups excluding carboxylic acids is 2. The normalized spacial score (nSPS) is 17.3. The van der Waals surface area contributed by atoms with Crippen LogP contribution in [0.25, 0.3) is 6.08 Å². The van der Waals surface area contributed by atoms with Crippen molar-refractivity contribution in [3.63, 3.8) is 0 Å². The van der Waals surface area contributed by atoms with E-state index in [1.807, 2.05) is 0 Å². The van der Waals surface area contributed by atoms with Crippen LogP contribution in [0.5, 0.6) is 5.75 Å². The summed E-state index contributed by atoms with van der Waals surface area (Å²) in [6, 6.07) is 9.83. The van der Waals surface area contributed by atoms with Gasteiger partial charge in [0.15, 0.2) is 5.84 Å². The van der Waals surface area contributed by atoms with Gasteiger partial charge in [-0.05, 0) is 52.9 Å². The van der Waals surface area contributed by atoms with Crippen LogP contribution in [0.1, 0.15) is 29.1 Å². The molecule has 0 bridgehead atoms. The Hall–Kier alpha value is -3.09. The predicted molar refractivity (Wildman–Crippen MR) is 129 cm³/mol. The number of aliphatic imine (C=N–C) groups is 1. The number of hydrogen-bond acceptors (Lipinski definition) is 9. The van der Waals surface area contributed by atoms with Gasteiger partial charge in [-0.3, -0.25) is 10.2 Å². The molecule has 0 fully saturated rings. The van der Waals surface area contributed by atoms with Crippen LogP contribution in [-0.4, -0.2) is 46.4 Å². The monoisotopic (exact) mass is 502 g/mol. The number of benzene rings is 1. The summed E-state index contributed by atoms with van der Waals surface area (Å²) in [5, 5.41) is 15.3. The molecule has 0 spiro atoms. The van der Waals surface area contributed by atoms with Gasteiger partial charge in [-0.15, -0.1) is 16.4 Å². The molecule has 33 heavy (non-hydrogen) atoms. The molecule has 9 nitrogen and oxygen atoms in total. The van der Waals surface area contributed by atoms with Gasteiger partial charge in [-0.2, -0.15) is 10.0 Å². The average molecular weight is 503 g/mol. The zero-order valence-corrected chi connectivity index (χ0v) is 20.0. The highest BCUT2D eigenvalue weighted by molar-refractivity contribution is 8.42. The van der Waals surface area contributed by atoms with E-state index in [9.17, 15) is 18.0 Å². The van der Waals surface area contributed by atoms with E-state index in [1.165, 1.54) is 17.4 Å². The van der Waals surface area contributed by atoms with Crippen molar-refractivity contribution in [1.82, 2.24) is 5.01 Å². The van der Waals surface area contributed by atoms with Crippen molar-refractivity contribution in [2.24, 2.45) is 16.0 Å². The van der Waals surface area contributed by atoms with Crippen LogP contribution in [0.15, 0.2) is 57.4 Å². The van der Waals surface area contributed by atoms with E-state index < -0.39 is 21.7 Å². The molecule has 12 heteroatoms. The molecule has 0 aliphatic carbocycles. The summed E-state index contributed by atoms with van der Waals surface area (Å²) in [7, 11) is -3.64. The molecular formula is C21H18N4O5S3. The zero-order chi connectivity index (χ0) is 23.8. The Labute approximate surface area is 198 Å². The smallest absolute Gasteiger partial charge is 0.353 e. The number of thiophene rings is 1. The number of ether oxygens (including phenoxy) is 1. The maximum absolute atomic E-state index is 12.5. The number of nitrogens with one attached hydrogen (secondary N) is 1. The molecule has 0 unspecified atom stereocenters. The quantitative estimate of drug-likeness (QED) is 0.375. The standard InChI is InChI=1S/C21H18N4O5S3/c1-12(2)11-33(28,29)21-24-25-17(22)15(18(26)23-20(25)32-21)10-13-5-7-14(8-6-13)30-19(27)16-4-3-9-31-16/h3-10,12,22H,11H2,1-2H3/b15-10-,22-17?. The molecule has 0 saturated carbocycles. The second-order valence-corrected chi connectivity index (χ2v) is 11.6. The Bertz CT molecular complexity index is 1320. The summed E-state index contributed by atoms with van der Waals surface area (Å²) in [6.07, 6.45) is 1.45. The first-order valence-corrected chi connectivity index (χ1v) is 13.1. The van der Waals surface area contributed by atoms with E-state index >= 15 is 0 Å². The van der Waals surface area contributed by atoms with Crippen LogP contribution < -0.4 is 4.74 Å². The number of rotatable bonds is 5. The number of fused-ring (bicyclic) bond motifs is 1. The van der Waals surface area contributed by atoms with E-state index in [1.54, 1.807) is 55.6 Å². The molecule has 1 aromatic carbocycles. The summed E-state index contributed by atoms with van der Waals surface area (Å²) >= 11 is 2.04. The molecule has 1 N–H and O–H groups in total. The first-order chi connectivity index (χ1) is 15.6. The highest BCUT2D eigenvalue weighted by atomic mass is 32.3. The van der Waals surface area contributed by atoms with E-state index in [2.05, 4.69) is 10.1 Å². The third kappa shape index (κ3) is 4.97. The maximum atomic E-state index is 12.5. The molecule has 1 amide bonds. The summed E-state index contributed by atoms with van der Waals surface area (Å²) in [6.45, 7) is 3.56. The fraction of sp³-hybridized carbons (Fsp3) is 0.190. The second-order valence-electron chi connectivity index (χ2n) is 7.50. The molecule has 4 rings (SSSR count). The Morgan fingerprint density at radius 2 is 1.97 bits per heavy atom. The molecule has 3 heterocycles. The van der Waals surface area contributed by atoms with Gasteiger partial charge >= 0.3 is 5.97 Å². The lowest BCUT2D eigenvalue weighted by atomic mass is 10.1. The van der Waals surface area contributed by atoms with Crippen molar-refractivity contribution in [2.45, 2.75) is 13.8 Å². The second kappa shape index (κ2) is 9.04. The number of hydrazone groups is 1. The first kappa shape index (κ1) is 23.1. The highest BCUT2D eigenvalue weighted by Crippen LogP contribution is 2.31. The summed E-state index contributed by atoms with van der Waals surface area (Å²) in [4.78, 5) is 29.0. The van der Waals surface area contributed by atoms with Gasteiger partial charge in [-0.25, -0.2) is 13.2 Å². The third-order valence-corrected chi connectivity index (χ3v) is 8.66. The minimum atomic E-state index is -3.64. The number of nitrogens with zero attached hydrogens (tertiary/aromatic N) is 3. The van der Waals surface area contributed by atoms with Crippen LogP contribution in [-0.2, 0) is 14.6 Å². The molecule has 2 aliphatic rings. The molecule has 2 aromatic rings. The topological polar surface area (TPSA) is 129 Å². The van der Waals surface area contributed by atoms with E-state index in [4.69, 9.17) is 10.1 Å². The SMILES string of the molecule is CC(C)CS(=O)(=O)C1=NN2C(=N)/C(=C/c3ccc(OC(=O)c4cccs4)cc3)C(=O)N=C2S1. The number of carbonyl (C=O) groups is 2. The number of thioether (sulfide) groups is 1. The van der Waals surface area contributed by atoms with Crippen molar-refractivity contribution in [3.8, 4) is 5.75 Å². The third-order valence-electron chi connectivity index (χ3n) is 4.38. The van der Waals surface area contributed by atoms with Gasteiger partial charge in [0, 0.05) is 0 Å². The van der Waals surface area contributed by atoms with Crippen molar-refractivity contribution in [3.05, 3.63) is 57.8 Å². The largest absolute Gasteiger partial charge is 0.422 e. The lowest BCUT2D eigenvalue weighted by Crippen LogP contribution is -2.35. The van der Waals surface area contributed by atoms with E-state index in [0.29, 0.717) is 16.2 Å². The number of amides is 1. The molecule has 2 aliphatic heterocycles. The van der Waals surface area contributed by atoms with Crippen LogP contribution in [0.4, 0.5) is 0 Å². The van der Waals surface area contributed by atoms with Gasteiger partial charge < -0.3 is 4.74 Å². The first-order valence-electron chi connectivity index (χ1n) is 9.73. The van der Waals surface area contributed by atoms with Crippen molar-refractivity contribution >= 4 is 66.3 Å². The Kier molecular flexibility index (Phi) is 6.32. The minimum Gasteiger partial charge on any atom is -0.422 e. The molecule has 1 aromatic heterocycles. The Morgan fingerprint density at radius 1 is 1.24 bits per heavy atom. The number of sulfone groups is 1. The van der Waals surface area contributed by atoms with Crippen LogP contribution in [0, 0.1) is 11.3 Å². The van der Waals surface area contributed by atoms with E-state index in [-0.39, 0.29) is 32.6 Å². The van der Waals surface area contributed by atoms with E-state index in [0.717, 1.165) is 16.8 Å². The summed E-state index contributed by atoms with van der Waals surface area (Å²) in [5.41, 5.74) is 0.537. The molecule has 170 valence electrons. The predicted octanol–water partition coefficient (Wildman–Crippen LogP) is 3.61. The van der Waals surface area contributed by atoms with Gasteiger partial charge in [0.25, 0.3) is 5.91 Å². The minimum absolute atomic E-state index is 0.0334. The number of hydrogen-bond donors (Lipinski definition) is 1. The van der Waals surface area contributed by atoms with Gasteiger partial charge in [0.1, 0.15) is 10.6 Å². The van der Waals surface area contributed by atoms with Crippen molar-refractivity contribution in [1.29, 1.82) is 5.41 Å². The Balaban J connectivity index is 1.53. The fourth-order valence-electron chi connectivity index (χ4n) is 2.96. The van der Waals surface area contributed by atoms with Gasteiger partial charge in [0.2, 0.25) is 19.4 Å². The Morgan fingerprint density at radius 3 is 2.61 bits per heavy atom. The van der Waals surface area contributed by atoms with Crippen LogP contribution in [0.2, 0.25) is 0 Å². The average Bonchev–Trinajstić information content (AvgIpc) is 3.42. The van der Waals surface area contributed by atoms with Crippen molar-refractivity contribution in [2.75, 3.05) is 5.75 Å². The zero-order valence-electron chi connectivity index (χ0n) is 17.5. The maximum Gasteiger partial charge on any atom is 0.353 e. The number of amidine groups is 2. The lowest BCUT2D eigenvalue weighted by molar-refractivity contribution is -0.114. The number of esters is 1. The molecule has 0 atom stereocenters. The van der Waals surface area contributed by atoms with Gasteiger partial charge in [-0.1, -0.05) is 32.0 Å². The van der Waals surface area contributed by atoms with Crippen LogP contribution >= 0.6 is 23.1 Å². The molecule has 0 radical (unpaired) electrons. The summed E-state index contributed by atoms with van der Waals surface area (Å²) < 4.78 is 30.1. The van der Waals surface area contributed by atoms with Gasteiger partial charge in [0.05, 0.1) is 11.3 Å². The summed E-state index contributed by atoms with van der Waals surface area (Å²) in [5.74, 6) is -1.24. The van der Waals surface area contributed by atoms with Crippen molar-refractivity contribution < 1.29 is 22.7 Å². The fourth-order valence-corrected chi connectivity index (χ4v) is 6.35. The highest BCUT2D eigenvalue weighted by Gasteiger charge is 2.39. The van der Waals surface area contributed by atoms with Crippen LogP contribution in [0.3, 0.4) is 0 Å².